The predicted molar refractivity (Wildman–Crippen MR) is 90.8 cm³/mol. The zero-order valence-corrected chi connectivity index (χ0v) is 14.3. The maximum atomic E-state index is 12.8. The molecule has 0 aromatic carbocycles. The van der Waals surface area contributed by atoms with Crippen molar-refractivity contribution in [2.75, 3.05) is 0 Å². The molecule has 1 aliphatic heterocycles. The summed E-state index contributed by atoms with van der Waals surface area (Å²) < 4.78 is 1.98. The van der Waals surface area contributed by atoms with Crippen molar-refractivity contribution >= 4 is 17.2 Å². The molecule has 2 N–H and O–H groups in total. The van der Waals surface area contributed by atoms with Gasteiger partial charge >= 0.3 is 0 Å². The molecule has 0 bridgehead atoms. The molecular formula is C17H22N4O2S. The van der Waals surface area contributed by atoms with Gasteiger partial charge in [-0.1, -0.05) is 12.5 Å². The van der Waals surface area contributed by atoms with Crippen molar-refractivity contribution in [1.29, 1.82) is 0 Å². The molecule has 6 nitrogen and oxygen atoms in total. The van der Waals surface area contributed by atoms with Crippen LogP contribution in [0.1, 0.15) is 59.5 Å². The number of aryl methyl sites for hydroxylation is 1. The summed E-state index contributed by atoms with van der Waals surface area (Å²) in [6.45, 7) is 0.816. The highest BCUT2D eigenvalue weighted by atomic mass is 32.1. The van der Waals surface area contributed by atoms with E-state index in [0.717, 1.165) is 49.4 Å². The van der Waals surface area contributed by atoms with Crippen molar-refractivity contribution in [3.63, 3.8) is 0 Å². The molecule has 1 saturated carbocycles. The van der Waals surface area contributed by atoms with Gasteiger partial charge in [0, 0.05) is 17.8 Å². The summed E-state index contributed by atoms with van der Waals surface area (Å²) in [6.07, 6.45) is 5.47. The lowest BCUT2D eigenvalue weighted by molar-refractivity contribution is 0.0239. The molecule has 1 aliphatic carbocycles. The summed E-state index contributed by atoms with van der Waals surface area (Å²) in [5.74, 6) is 1.47. The molecule has 2 aromatic rings. The molecule has 4 rings (SSSR count). The second-order valence-corrected chi connectivity index (χ2v) is 7.73. The molecule has 1 amide bonds. The first-order valence-electron chi connectivity index (χ1n) is 8.67. The van der Waals surface area contributed by atoms with E-state index in [-0.39, 0.29) is 24.0 Å². The van der Waals surface area contributed by atoms with Gasteiger partial charge in [-0.15, -0.1) is 21.5 Å². The van der Waals surface area contributed by atoms with E-state index in [1.54, 1.807) is 11.3 Å². The van der Waals surface area contributed by atoms with Gasteiger partial charge in [-0.25, -0.2) is 0 Å². The van der Waals surface area contributed by atoms with Gasteiger partial charge in [0.15, 0.2) is 0 Å². The zero-order valence-electron chi connectivity index (χ0n) is 13.5. The SMILES string of the molecule is O=C(NC(c1cccs1)C1CC(O)C1)c1nnc2n1CCCCC2. The molecule has 2 aliphatic rings. The molecule has 24 heavy (non-hydrogen) atoms. The van der Waals surface area contributed by atoms with Crippen molar-refractivity contribution in [3.05, 3.63) is 34.0 Å². The Morgan fingerprint density at radius 2 is 2.21 bits per heavy atom. The topological polar surface area (TPSA) is 80.0 Å². The highest BCUT2D eigenvalue weighted by molar-refractivity contribution is 7.10. The monoisotopic (exact) mass is 346 g/mol. The van der Waals surface area contributed by atoms with E-state index in [4.69, 9.17) is 0 Å². The molecule has 2 aromatic heterocycles. The third-order valence-electron chi connectivity index (χ3n) is 5.07. The molecular weight excluding hydrogens is 324 g/mol. The average Bonchev–Trinajstić information content (AvgIpc) is 3.15. The first kappa shape index (κ1) is 15.8. The van der Waals surface area contributed by atoms with E-state index in [1.165, 1.54) is 6.42 Å². The molecule has 1 unspecified atom stereocenters. The highest BCUT2D eigenvalue weighted by Crippen LogP contribution is 2.39. The van der Waals surface area contributed by atoms with Crippen LogP contribution >= 0.6 is 11.3 Å². The Balaban J connectivity index is 1.54. The number of hydrogen-bond donors (Lipinski definition) is 2. The first-order chi connectivity index (χ1) is 11.7. The Kier molecular flexibility index (Phi) is 4.37. The van der Waals surface area contributed by atoms with Crippen molar-refractivity contribution in [1.82, 2.24) is 20.1 Å². The van der Waals surface area contributed by atoms with E-state index in [1.807, 2.05) is 22.1 Å². The van der Waals surface area contributed by atoms with Crippen LogP contribution in [0.2, 0.25) is 0 Å². The van der Waals surface area contributed by atoms with Crippen molar-refractivity contribution in [2.45, 2.75) is 57.2 Å². The predicted octanol–water partition coefficient (Wildman–Crippen LogP) is 2.31. The van der Waals surface area contributed by atoms with E-state index in [0.29, 0.717) is 5.82 Å². The molecule has 3 heterocycles. The van der Waals surface area contributed by atoms with Crippen molar-refractivity contribution in [3.8, 4) is 0 Å². The summed E-state index contributed by atoms with van der Waals surface area (Å²) in [5, 5.41) is 23.2. The fourth-order valence-corrected chi connectivity index (χ4v) is 4.52. The normalized spacial score (nSPS) is 24.5. The van der Waals surface area contributed by atoms with Crippen LogP contribution in [0, 0.1) is 5.92 Å². The van der Waals surface area contributed by atoms with Gasteiger partial charge in [0.25, 0.3) is 5.91 Å². The smallest absolute Gasteiger partial charge is 0.289 e. The molecule has 0 spiro atoms. The standard InChI is InChI=1S/C17H22N4O2S/c22-12-9-11(10-12)15(13-5-4-8-24-13)18-17(23)16-20-19-14-6-2-1-3-7-21(14)16/h4-5,8,11-12,15,22H,1-3,6-7,9-10H2,(H,18,23). The average molecular weight is 346 g/mol. The number of fused-ring (bicyclic) bond motifs is 1. The Bertz CT molecular complexity index is 706. The van der Waals surface area contributed by atoms with Crippen molar-refractivity contribution < 1.29 is 9.90 Å². The van der Waals surface area contributed by atoms with Gasteiger partial charge in [0.1, 0.15) is 5.82 Å². The lowest BCUT2D eigenvalue weighted by Gasteiger charge is -2.37. The fraction of sp³-hybridized carbons (Fsp3) is 0.588. The summed E-state index contributed by atoms with van der Waals surface area (Å²) in [5.41, 5.74) is 0. The number of carbonyl (C=O) groups excluding carboxylic acids is 1. The zero-order chi connectivity index (χ0) is 16.5. The minimum absolute atomic E-state index is 0.0559. The summed E-state index contributed by atoms with van der Waals surface area (Å²) in [7, 11) is 0. The van der Waals surface area contributed by atoms with Gasteiger partial charge in [-0.3, -0.25) is 4.79 Å². The van der Waals surface area contributed by atoms with Gasteiger partial charge in [-0.2, -0.15) is 0 Å². The van der Waals surface area contributed by atoms with E-state index >= 15 is 0 Å². The fourth-order valence-electron chi connectivity index (χ4n) is 3.65. The molecule has 128 valence electrons. The Hall–Kier alpha value is -1.73. The van der Waals surface area contributed by atoms with E-state index < -0.39 is 0 Å². The molecule has 7 heteroatoms. The van der Waals surface area contributed by atoms with Crippen LogP contribution in [-0.2, 0) is 13.0 Å². The largest absolute Gasteiger partial charge is 0.393 e. The van der Waals surface area contributed by atoms with Gasteiger partial charge < -0.3 is 15.0 Å². The number of aromatic nitrogens is 3. The van der Waals surface area contributed by atoms with Crippen LogP contribution in [0.25, 0.3) is 0 Å². The van der Waals surface area contributed by atoms with E-state index in [9.17, 15) is 9.90 Å². The Morgan fingerprint density at radius 3 is 2.96 bits per heavy atom. The first-order valence-corrected chi connectivity index (χ1v) is 9.55. The number of amides is 1. The number of nitrogens with zero attached hydrogens (tertiary/aromatic N) is 3. The Labute approximate surface area is 144 Å². The molecule has 0 radical (unpaired) electrons. The molecule has 0 saturated heterocycles. The van der Waals surface area contributed by atoms with Gasteiger partial charge in [0.05, 0.1) is 12.1 Å². The third kappa shape index (κ3) is 2.98. The lowest BCUT2D eigenvalue weighted by Crippen LogP contribution is -2.41. The van der Waals surface area contributed by atoms with Crippen molar-refractivity contribution in [2.24, 2.45) is 5.92 Å². The Morgan fingerprint density at radius 1 is 1.33 bits per heavy atom. The minimum Gasteiger partial charge on any atom is -0.393 e. The van der Waals surface area contributed by atoms with Gasteiger partial charge in [-0.05, 0) is 43.0 Å². The summed E-state index contributed by atoms with van der Waals surface area (Å²) >= 11 is 1.64. The summed E-state index contributed by atoms with van der Waals surface area (Å²) in [6, 6.07) is 3.99. The van der Waals surface area contributed by atoms with Crippen LogP contribution in [0.5, 0.6) is 0 Å². The molecule has 1 atom stereocenters. The van der Waals surface area contributed by atoms with E-state index in [2.05, 4.69) is 15.5 Å². The second-order valence-electron chi connectivity index (χ2n) is 6.75. The number of hydrogen-bond acceptors (Lipinski definition) is 5. The minimum atomic E-state index is -0.237. The highest BCUT2D eigenvalue weighted by Gasteiger charge is 2.37. The van der Waals surface area contributed by atoms with Crippen LogP contribution in [-0.4, -0.2) is 31.9 Å². The van der Waals surface area contributed by atoms with Gasteiger partial charge in [0.2, 0.25) is 5.82 Å². The maximum absolute atomic E-state index is 12.8. The second kappa shape index (κ2) is 6.64. The number of thiophene rings is 1. The van der Waals surface area contributed by atoms with Crippen LogP contribution < -0.4 is 5.32 Å². The lowest BCUT2D eigenvalue weighted by atomic mass is 9.77. The number of nitrogens with one attached hydrogen (secondary N) is 1. The van der Waals surface area contributed by atoms with Crippen LogP contribution in [0.3, 0.4) is 0 Å². The summed E-state index contributed by atoms with van der Waals surface area (Å²) in [4.78, 5) is 14.0. The number of aliphatic hydroxyl groups excluding tert-OH is 1. The number of rotatable bonds is 4. The molecule has 1 fully saturated rings. The van der Waals surface area contributed by atoms with Crippen LogP contribution in [0.4, 0.5) is 0 Å². The van der Waals surface area contributed by atoms with Crippen LogP contribution in [0.15, 0.2) is 17.5 Å². The maximum Gasteiger partial charge on any atom is 0.289 e. The third-order valence-corrected chi connectivity index (χ3v) is 6.03. The number of carbonyl (C=O) groups is 1. The quantitative estimate of drug-likeness (QED) is 0.890. The number of aliphatic hydroxyl groups is 1.